The number of pyridine rings is 1. The molecule has 0 radical (unpaired) electrons. The molecule has 3 aromatic rings. The van der Waals surface area contributed by atoms with Crippen LogP contribution < -0.4 is 15.8 Å². The van der Waals surface area contributed by atoms with Gasteiger partial charge in [0.25, 0.3) is 16.0 Å². The molecule has 13 heteroatoms. The van der Waals surface area contributed by atoms with Crippen LogP contribution in [0.4, 0.5) is 5.69 Å². The molecule has 1 heterocycles. The third kappa shape index (κ3) is 7.61. The summed E-state index contributed by atoms with van der Waals surface area (Å²) in [6.07, 6.45) is 1.75. The number of nitrogens with zero attached hydrogens (tertiary/aromatic N) is 1. The Balaban J connectivity index is 0.000000654. The summed E-state index contributed by atoms with van der Waals surface area (Å²) in [5, 5.41) is 9.98. The van der Waals surface area contributed by atoms with Crippen molar-refractivity contribution < 1.29 is 26.2 Å². The average molecular weight is 480 g/mol. The fourth-order valence-corrected chi connectivity index (χ4v) is 3.23. The average Bonchev–Trinajstić information content (AvgIpc) is 2.65. The number of para-hydroxylation sites is 1. The number of fused-ring (bicyclic) bond motifs is 1. The third-order valence-corrected chi connectivity index (χ3v) is 4.29. The van der Waals surface area contributed by atoms with E-state index in [9.17, 15) is 21.6 Å². The van der Waals surface area contributed by atoms with Crippen LogP contribution >= 0.6 is 0 Å². The van der Waals surface area contributed by atoms with Gasteiger partial charge in [0.2, 0.25) is 10.0 Å². The molecule has 0 spiro atoms. The zero-order valence-corrected chi connectivity index (χ0v) is 18.7. The molecule has 0 bridgehead atoms. The van der Waals surface area contributed by atoms with E-state index in [2.05, 4.69) is 15.0 Å². The minimum Gasteiger partial charge on any atom is -0.370 e. The van der Waals surface area contributed by atoms with Crippen LogP contribution in [0.2, 0.25) is 0 Å². The Hall–Kier alpha value is -3.55. The van der Waals surface area contributed by atoms with Gasteiger partial charge in [0.15, 0.2) is 5.96 Å². The maximum atomic E-state index is 12.6. The first-order chi connectivity index (χ1) is 14.7. The van der Waals surface area contributed by atoms with Crippen LogP contribution in [0.1, 0.15) is 10.4 Å². The summed E-state index contributed by atoms with van der Waals surface area (Å²) in [5.41, 5.74) is 7.32. The summed E-state index contributed by atoms with van der Waals surface area (Å²) in [4.78, 5) is 17.1. The topological polar surface area (TPSA) is 192 Å². The van der Waals surface area contributed by atoms with Crippen molar-refractivity contribution in [1.82, 2.24) is 10.3 Å². The highest BCUT2D eigenvalue weighted by molar-refractivity contribution is 7.92. The summed E-state index contributed by atoms with van der Waals surface area (Å²) < 4.78 is 51.7. The fraction of sp³-hybridized carbons (Fsp3) is 0.105. The molecule has 170 valence electrons. The molecule has 6 N–H and O–H groups in total. The number of hydrogen-bond acceptors (Lipinski definition) is 7. The van der Waals surface area contributed by atoms with E-state index in [4.69, 9.17) is 15.7 Å². The zero-order chi connectivity index (χ0) is 24.1. The van der Waals surface area contributed by atoms with Crippen LogP contribution in [-0.4, -0.2) is 50.8 Å². The highest BCUT2D eigenvalue weighted by Gasteiger charge is 2.17. The molecule has 0 aliphatic carbocycles. The molecule has 11 nitrogen and oxygen atoms in total. The van der Waals surface area contributed by atoms with Crippen molar-refractivity contribution >= 4 is 48.6 Å². The Labute approximate surface area is 185 Å². The number of anilines is 1. The van der Waals surface area contributed by atoms with Crippen molar-refractivity contribution in [2.45, 2.75) is 0 Å². The molecule has 1 aromatic heterocycles. The lowest BCUT2D eigenvalue weighted by Crippen LogP contribution is -2.35. The summed E-state index contributed by atoms with van der Waals surface area (Å²) in [6.45, 7) is 0. The van der Waals surface area contributed by atoms with Gasteiger partial charge in [-0.25, -0.2) is 13.4 Å². The van der Waals surface area contributed by atoms with E-state index in [-0.39, 0.29) is 11.3 Å². The second-order valence-electron chi connectivity index (χ2n) is 6.60. The van der Waals surface area contributed by atoms with Crippen molar-refractivity contribution in [2.75, 3.05) is 17.2 Å². The van der Waals surface area contributed by atoms with E-state index < -0.39 is 32.0 Å². The molecule has 2 aromatic carbocycles. The fourth-order valence-electron chi connectivity index (χ4n) is 2.66. The van der Waals surface area contributed by atoms with Crippen molar-refractivity contribution in [3.63, 3.8) is 0 Å². The summed E-state index contributed by atoms with van der Waals surface area (Å²) in [6, 6.07) is 15.6. The number of guanidine groups is 1. The van der Waals surface area contributed by atoms with E-state index in [0.717, 1.165) is 11.8 Å². The van der Waals surface area contributed by atoms with Gasteiger partial charge in [-0.2, -0.15) is 8.42 Å². The number of benzene rings is 2. The van der Waals surface area contributed by atoms with Crippen molar-refractivity contribution in [3.05, 3.63) is 60.2 Å². The van der Waals surface area contributed by atoms with Crippen LogP contribution in [0, 0.1) is 5.41 Å². The maximum Gasteiger partial charge on any atom is 0.261 e. The molecule has 0 saturated heterocycles. The Bertz CT molecular complexity index is 1370. The summed E-state index contributed by atoms with van der Waals surface area (Å²) in [7, 11) is -7.21. The van der Waals surface area contributed by atoms with E-state index >= 15 is 0 Å². The van der Waals surface area contributed by atoms with Gasteiger partial charge in [-0.15, -0.1) is 0 Å². The Kier molecular flexibility index (Phi) is 7.51. The number of nitrogens with one attached hydrogen (secondary N) is 3. The molecule has 0 saturated carbocycles. The van der Waals surface area contributed by atoms with Crippen LogP contribution in [0.25, 0.3) is 22.2 Å². The second kappa shape index (κ2) is 9.72. The normalized spacial score (nSPS) is 11.2. The van der Waals surface area contributed by atoms with Crippen molar-refractivity contribution in [3.8, 4) is 11.3 Å². The van der Waals surface area contributed by atoms with Crippen molar-refractivity contribution in [1.29, 1.82) is 5.41 Å². The quantitative estimate of drug-likeness (QED) is 0.210. The lowest BCUT2D eigenvalue weighted by atomic mass is 10.0. The van der Waals surface area contributed by atoms with E-state index in [1.807, 2.05) is 30.3 Å². The molecular formula is C19H21N5O6S2. The van der Waals surface area contributed by atoms with Gasteiger partial charge in [-0.05, 0) is 12.1 Å². The number of amides is 1. The van der Waals surface area contributed by atoms with Gasteiger partial charge in [-0.1, -0.05) is 42.5 Å². The number of aromatic nitrogens is 1. The summed E-state index contributed by atoms with van der Waals surface area (Å²) >= 11 is 0. The number of sulfonamides is 1. The third-order valence-electron chi connectivity index (χ3n) is 3.70. The monoisotopic (exact) mass is 479 g/mol. The Morgan fingerprint density at radius 3 is 2.16 bits per heavy atom. The van der Waals surface area contributed by atoms with Gasteiger partial charge < -0.3 is 5.73 Å². The number of carbonyl (C=O) groups excluding carboxylic acids is 1. The molecule has 0 unspecified atom stereocenters. The second-order valence-corrected chi connectivity index (χ2v) is 9.81. The molecule has 0 aliphatic heterocycles. The van der Waals surface area contributed by atoms with Crippen LogP contribution in [0.15, 0.2) is 54.6 Å². The molecule has 1 amide bonds. The molecule has 0 atom stereocenters. The minimum atomic E-state index is -3.67. The number of hydrogen-bond donors (Lipinski definition) is 5. The molecule has 3 rings (SSSR count). The molecular weight excluding hydrogens is 458 g/mol. The number of carbonyl (C=O) groups is 1. The predicted octanol–water partition coefficient (Wildman–Crippen LogP) is 1.40. The standard InChI is InChI=1S/C18H17N5O3S.CH4O3S/c1-27(25,26)23-14-9-5-8-12-13(17(24)22-18(19)20)10-15(21-16(12)14)11-6-3-2-4-7-11;1-5(2,3)4/h2-10,23H,1H3,(H4,19,20,22,24);1H3,(H,2,3,4). The lowest BCUT2D eigenvalue weighted by molar-refractivity contribution is 0.0978. The van der Waals surface area contributed by atoms with Crippen molar-refractivity contribution in [2.24, 2.45) is 5.73 Å². The van der Waals surface area contributed by atoms with Crippen LogP contribution in [-0.2, 0) is 20.1 Å². The first-order valence-corrected chi connectivity index (χ1v) is 12.5. The molecule has 32 heavy (non-hydrogen) atoms. The first kappa shape index (κ1) is 24.7. The lowest BCUT2D eigenvalue weighted by Gasteiger charge is -2.13. The van der Waals surface area contributed by atoms with Gasteiger partial charge >= 0.3 is 0 Å². The molecule has 0 aliphatic rings. The Morgan fingerprint density at radius 2 is 1.62 bits per heavy atom. The minimum absolute atomic E-state index is 0.228. The summed E-state index contributed by atoms with van der Waals surface area (Å²) in [5.74, 6) is -1.07. The maximum absolute atomic E-state index is 12.6. The number of nitrogens with two attached hydrogens (primary N) is 1. The SMILES string of the molecule is CS(=O)(=O)Nc1cccc2c(C(=O)NC(=N)N)cc(-c3ccccc3)nc12.CS(=O)(=O)O. The van der Waals surface area contributed by atoms with Crippen LogP contribution in [0.5, 0.6) is 0 Å². The largest absolute Gasteiger partial charge is 0.370 e. The first-order valence-electron chi connectivity index (χ1n) is 8.79. The zero-order valence-electron chi connectivity index (χ0n) is 17.0. The highest BCUT2D eigenvalue weighted by atomic mass is 32.2. The number of rotatable bonds is 4. The smallest absolute Gasteiger partial charge is 0.261 e. The van der Waals surface area contributed by atoms with Gasteiger partial charge in [-0.3, -0.25) is 24.8 Å². The van der Waals surface area contributed by atoms with Crippen LogP contribution in [0.3, 0.4) is 0 Å². The Morgan fingerprint density at radius 1 is 1.03 bits per heavy atom. The van der Waals surface area contributed by atoms with Gasteiger partial charge in [0.05, 0.1) is 35.0 Å². The van der Waals surface area contributed by atoms with E-state index in [1.54, 1.807) is 24.3 Å². The van der Waals surface area contributed by atoms with E-state index in [1.165, 1.54) is 0 Å². The molecule has 0 fully saturated rings. The van der Waals surface area contributed by atoms with Gasteiger partial charge in [0, 0.05) is 10.9 Å². The highest BCUT2D eigenvalue weighted by Crippen LogP contribution is 2.29. The van der Waals surface area contributed by atoms with E-state index in [0.29, 0.717) is 22.9 Å². The predicted molar refractivity (Wildman–Crippen MR) is 122 cm³/mol. The van der Waals surface area contributed by atoms with Gasteiger partial charge in [0.1, 0.15) is 0 Å².